The molecular weight excluding hydrogens is 318 g/mol. The Labute approximate surface area is 138 Å². The largest absolute Gasteiger partial charge is 0.326 e. The number of thiocarbonyl (C=S) groups is 1. The highest BCUT2D eigenvalue weighted by Crippen LogP contribution is 2.15. The van der Waals surface area contributed by atoms with E-state index < -0.39 is 0 Å². The highest BCUT2D eigenvalue weighted by molar-refractivity contribution is 8.23. The molecule has 0 amide bonds. The summed E-state index contributed by atoms with van der Waals surface area (Å²) in [5.74, 6) is 7.00. The van der Waals surface area contributed by atoms with E-state index in [1.807, 2.05) is 18.2 Å². The molecular formula is C14H15N5OS2. The molecule has 2 aromatic heterocycles. The van der Waals surface area contributed by atoms with Gasteiger partial charge in [-0.15, -0.1) is 0 Å². The van der Waals surface area contributed by atoms with Gasteiger partial charge in [0.15, 0.2) is 5.78 Å². The third-order valence-corrected chi connectivity index (χ3v) is 3.90. The minimum absolute atomic E-state index is 0.0785. The predicted octanol–water partition coefficient (Wildman–Crippen LogP) is 2.45. The van der Waals surface area contributed by atoms with E-state index in [2.05, 4.69) is 15.3 Å². The van der Waals surface area contributed by atoms with Crippen LogP contribution in [0.1, 0.15) is 17.4 Å². The molecule has 114 valence electrons. The lowest BCUT2D eigenvalue weighted by atomic mass is 10.2. The zero-order valence-electron chi connectivity index (χ0n) is 11.9. The Balaban J connectivity index is 1.85. The minimum Gasteiger partial charge on any atom is -0.326 e. The fraction of sp³-hybridized carbons (Fsp3) is 0.143. The number of nitrogens with zero attached hydrogens (tertiary/aromatic N) is 3. The number of aromatic nitrogens is 2. The second-order valence-corrected chi connectivity index (χ2v) is 5.95. The summed E-state index contributed by atoms with van der Waals surface area (Å²) in [5.41, 5.74) is 1.12. The molecule has 0 aliphatic heterocycles. The lowest BCUT2D eigenvalue weighted by molar-refractivity contribution is 0.101. The van der Waals surface area contributed by atoms with Gasteiger partial charge in [-0.25, -0.2) is 10.8 Å². The van der Waals surface area contributed by atoms with Gasteiger partial charge in [-0.2, -0.15) is 0 Å². The summed E-state index contributed by atoms with van der Waals surface area (Å²) in [4.78, 5) is 19.4. The Morgan fingerprint density at radius 2 is 2.18 bits per heavy atom. The summed E-state index contributed by atoms with van der Waals surface area (Å²) in [5, 5.41) is 4.52. The van der Waals surface area contributed by atoms with E-state index >= 15 is 0 Å². The Morgan fingerprint density at radius 3 is 2.77 bits per heavy atom. The molecule has 2 rings (SSSR count). The smallest absolute Gasteiger partial charge is 0.178 e. The van der Waals surface area contributed by atoms with Gasteiger partial charge in [0, 0.05) is 13.1 Å². The quantitative estimate of drug-likeness (QED) is 0.284. The zero-order valence-corrected chi connectivity index (χ0v) is 13.5. The molecule has 2 aromatic rings. The van der Waals surface area contributed by atoms with Crippen molar-refractivity contribution in [2.24, 2.45) is 5.84 Å². The molecule has 22 heavy (non-hydrogen) atoms. The Morgan fingerprint density at radius 1 is 1.36 bits per heavy atom. The number of thioether (sulfide) groups is 1. The van der Waals surface area contributed by atoms with Gasteiger partial charge in [0.1, 0.15) is 15.8 Å². The maximum absolute atomic E-state index is 11.2. The number of hydrazine groups is 1. The van der Waals surface area contributed by atoms with Crippen LogP contribution >= 0.6 is 24.0 Å². The molecule has 0 saturated heterocycles. The normalized spacial score (nSPS) is 10.1. The van der Waals surface area contributed by atoms with Crippen LogP contribution in [0.15, 0.2) is 42.7 Å². The first-order chi connectivity index (χ1) is 10.6. The van der Waals surface area contributed by atoms with Crippen LogP contribution in [0.2, 0.25) is 0 Å². The van der Waals surface area contributed by atoms with Gasteiger partial charge in [-0.05, 0) is 24.3 Å². The van der Waals surface area contributed by atoms with Crippen molar-refractivity contribution in [3.8, 4) is 0 Å². The number of ketones is 1. The molecule has 0 bridgehead atoms. The van der Waals surface area contributed by atoms with Crippen LogP contribution < -0.4 is 16.2 Å². The maximum atomic E-state index is 11.2. The van der Waals surface area contributed by atoms with Gasteiger partial charge in [-0.3, -0.25) is 14.8 Å². The minimum atomic E-state index is -0.0785. The molecule has 0 aromatic carbocycles. The van der Waals surface area contributed by atoms with Crippen molar-refractivity contribution >= 4 is 45.6 Å². The first-order valence-electron chi connectivity index (χ1n) is 6.40. The Bertz CT molecular complexity index is 648. The van der Waals surface area contributed by atoms with E-state index in [1.54, 1.807) is 24.5 Å². The first kappa shape index (κ1) is 16.3. The van der Waals surface area contributed by atoms with Gasteiger partial charge in [0.25, 0.3) is 0 Å². The Hall–Kier alpha value is -2.03. The number of nitrogens with two attached hydrogens (primary N) is 1. The van der Waals surface area contributed by atoms with Crippen LogP contribution in [-0.4, -0.2) is 25.9 Å². The SMILES string of the molecule is CC(=O)c1ccc(N(N)CSC(=S)Nc2ccccn2)cn1. The zero-order chi connectivity index (χ0) is 15.9. The maximum Gasteiger partial charge on any atom is 0.178 e. The fourth-order valence-electron chi connectivity index (χ4n) is 1.54. The van der Waals surface area contributed by atoms with Crippen LogP contribution in [0, 0.1) is 0 Å². The van der Waals surface area contributed by atoms with E-state index in [1.165, 1.54) is 23.7 Å². The van der Waals surface area contributed by atoms with Gasteiger partial charge in [0.05, 0.1) is 17.8 Å². The average molecular weight is 333 g/mol. The van der Waals surface area contributed by atoms with Crippen LogP contribution in [0.5, 0.6) is 0 Å². The van der Waals surface area contributed by atoms with Gasteiger partial charge >= 0.3 is 0 Å². The van der Waals surface area contributed by atoms with Gasteiger partial charge < -0.3 is 5.32 Å². The summed E-state index contributed by atoms with van der Waals surface area (Å²) in [6, 6.07) is 8.93. The topological polar surface area (TPSA) is 84.1 Å². The number of rotatable bonds is 5. The predicted molar refractivity (Wildman–Crippen MR) is 93.8 cm³/mol. The van der Waals surface area contributed by atoms with Gasteiger partial charge in [-0.1, -0.05) is 30.0 Å². The molecule has 0 radical (unpaired) electrons. The molecule has 0 unspecified atom stereocenters. The molecule has 0 saturated carbocycles. The number of carbonyl (C=O) groups excluding carboxylic acids is 1. The lowest BCUT2D eigenvalue weighted by Crippen LogP contribution is -2.31. The van der Waals surface area contributed by atoms with Crippen molar-refractivity contribution < 1.29 is 4.79 Å². The summed E-state index contributed by atoms with van der Waals surface area (Å²) in [7, 11) is 0. The number of pyridine rings is 2. The first-order valence-corrected chi connectivity index (χ1v) is 7.79. The molecule has 3 N–H and O–H groups in total. The fourth-order valence-corrected chi connectivity index (χ4v) is 2.39. The number of anilines is 2. The van der Waals surface area contributed by atoms with Gasteiger partial charge in [0.2, 0.25) is 0 Å². The van der Waals surface area contributed by atoms with Crippen LogP contribution in [0.4, 0.5) is 11.5 Å². The van der Waals surface area contributed by atoms with Crippen molar-refractivity contribution in [2.45, 2.75) is 6.92 Å². The van der Waals surface area contributed by atoms with Crippen molar-refractivity contribution in [3.63, 3.8) is 0 Å². The number of nitrogens with one attached hydrogen (secondary N) is 1. The summed E-state index contributed by atoms with van der Waals surface area (Å²) < 4.78 is 0.572. The molecule has 0 fully saturated rings. The van der Waals surface area contributed by atoms with Crippen molar-refractivity contribution in [1.29, 1.82) is 0 Å². The highest BCUT2D eigenvalue weighted by atomic mass is 32.2. The van der Waals surface area contributed by atoms with E-state index in [0.29, 0.717) is 27.4 Å². The van der Waals surface area contributed by atoms with E-state index in [-0.39, 0.29) is 5.78 Å². The van der Waals surface area contributed by atoms with Crippen LogP contribution in [-0.2, 0) is 0 Å². The highest BCUT2D eigenvalue weighted by Gasteiger charge is 2.07. The second kappa shape index (κ2) is 7.83. The molecule has 0 spiro atoms. The Kier molecular flexibility index (Phi) is 5.82. The molecule has 0 aliphatic carbocycles. The lowest BCUT2D eigenvalue weighted by Gasteiger charge is -2.18. The van der Waals surface area contributed by atoms with E-state index in [4.69, 9.17) is 18.1 Å². The molecule has 0 atom stereocenters. The average Bonchev–Trinajstić information content (AvgIpc) is 2.53. The van der Waals surface area contributed by atoms with E-state index in [9.17, 15) is 4.79 Å². The summed E-state index contributed by atoms with van der Waals surface area (Å²) >= 11 is 6.60. The number of Topliss-reactive ketones (excluding diaryl/α,β-unsaturated/α-hetero) is 1. The standard InChI is InChI=1S/C14H15N5OS2/c1-10(20)12-6-5-11(8-17-12)19(15)9-22-14(21)18-13-4-2-3-7-16-13/h2-8H,9,15H2,1H3,(H,16,18,21). The summed E-state index contributed by atoms with van der Waals surface area (Å²) in [6.07, 6.45) is 3.25. The van der Waals surface area contributed by atoms with E-state index in [0.717, 1.165) is 0 Å². The molecule has 2 heterocycles. The number of hydrogen-bond acceptors (Lipinski definition) is 7. The van der Waals surface area contributed by atoms with Crippen molar-refractivity contribution in [1.82, 2.24) is 9.97 Å². The van der Waals surface area contributed by atoms with Crippen molar-refractivity contribution in [3.05, 3.63) is 48.4 Å². The third kappa shape index (κ3) is 4.76. The second-order valence-electron chi connectivity index (χ2n) is 4.33. The molecule has 8 heteroatoms. The summed E-state index contributed by atoms with van der Waals surface area (Å²) in [6.45, 7) is 1.47. The number of carbonyl (C=O) groups is 1. The molecule has 6 nitrogen and oxygen atoms in total. The monoisotopic (exact) mass is 333 g/mol. The third-order valence-electron chi connectivity index (χ3n) is 2.67. The van der Waals surface area contributed by atoms with Crippen LogP contribution in [0.3, 0.4) is 0 Å². The number of hydrogen-bond donors (Lipinski definition) is 2. The molecule has 0 aliphatic rings. The van der Waals surface area contributed by atoms with Crippen LogP contribution in [0.25, 0.3) is 0 Å². The van der Waals surface area contributed by atoms with Crippen molar-refractivity contribution in [2.75, 3.05) is 16.2 Å².